The molecule has 1 aliphatic heterocycles. The summed E-state index contributed by atoms with van der Waals surface area (Å²) >= 11 is 0. The average Bonchev–Trinajstić information content (AvgIpc) is 3.48. The molecule has 5 rings (SSSR count). The first-order chi connectivity index (χ1) is 16.2. The van der Waals surface area contributed by atoms with Crippen LogP contribution in [0.15, 0.2) is 18.2 Å². The van der Waals surface area contributed by atoms with Gasteiger partial charge in [-0.25, -0.2) is 0 Å². The third-order valence-electron chi connectivity index (χ3n) is 7.64. The van der Waals surface area contributed by atoms with E-state index in [1.165, 1.54) is 6.07 Å². The van der Waals surface area contributed by atoms with Gasteiger partial charge in [0.2, 0.25) is 11.8 Å². The summed E-state index contributed by atoms with van der Waals surface area (Å²) < 4.78 is 40.4. The molecule has 2 atom stereocenters. The molecule has 34 heavy (non-hydrogen) atoms. The summed E-state index contributed by atoms with van der Waals surface area (Å²) in [6.07, 6.45) is 0.924. The fourth-order valence-corrected chi connectivity index (χ4v) is 5.62. The van der Waals surface area contributed by atoms with Crippen molar-refractivity contribution in [3.8, 4) is 6.07 Å². The van der Waals surface area contributed by atoms with Crippen LogP contribution in [0.4, 0.5) is 13.2 Å². The number of fused-ring (bicyclic) bond motifs is 3. The lowest BCUT2D eigenvalue weighted by Crippen LogP contribution is -2.44. The molecule has 9 heteroatoms. The van der Waals surface area contributed by atoms with Gasteiger partial charge in [-0.15, -0.1) is 0 Å². The molecule has 2 aliphatic carbocycles. The number of rotatable bonds is 4. The highest BCUT2D eigenvalue weighted by Gasteiger charge is 2.45. The molecule has 0 bridgehead atoms. The van der Waals surface area contributed by atoms with E-state index >= 15 is 0 Å². The smallest absolute Gasteiger partial charge is 0.358 e. The zero-order chi connectivity index (χ0) is 24.1. The molecule has 6 nitrogen and oxygen atoms in total. The number of nitriles is 1. The van der Waals surface area contributed by atoms with E-state index in [0.717, 1.165) is 36.6 Å². The first-order valence-electron chi connectivity index (χ1n) is 11.9. The summed E-state index contributed by atoms with van der Waals surface area (Å²) in [5, 5.41) is 12.6. The van der Waals surface area contributed by atoms with E-state index in [9.17, 15) is 28.0 Å². The van der Waals surface area contributed by atoms with Crippen molar-refractivity contribution in [2.24, 2.45) is 11.8 Å². The van der Waals surface area contributed by atoms with E-state index in [1.807, 2.05) is 0 Å². The Kier molecular flexibility index (Phi) is 5.58. The lowest BCUT2D eigenvalue weighted by atomic mass is 9.76. The molecular formula is C25H27F3N4O2. The Morgan fingerprint density at radius 2 is 2.00 bits per heavy atom. The van der Waals surface area contributed by atoms with Crippen molar-refractivity contribution in [3.05, 3.63) is 35.0 Å². The maximum Gasteiger partial charge on any atom is 0.418 e. The number of halogens is 3. The summed E-state index contributed by atoms with van der Waals surface area (Å²) in [4.78, 5) is 30.8. The largest absolute Gasteiger partial charge is 0.418 e. The monoisotopic (exact) mass is 472 g/mol. The van der Waals surface area contributed by atoms with Gasteiger partial charge < -0.3 is 15.2 Å². The first-order valence-corrected chi connectivity index (χ1v) is 11.9. The molecule has 180 valence electrons. The Hall–Kier alpha value is -3.02. The van der Waals surface area contributed by atoms with Gasteiger partial charge >= 0.3 is 6.18 Å². The molecule has 2 aromatic rings. The minimum Gasteiger partial charge on any atom is -0.358 e. The number of amides is 2. The molecular weight excluding hydrogens is 445 g/mol. The summed E-state index contributed by atoms with van der Waals surface area (Å²) in [7, 11) is 0. The van der Waals surface area contributed by atoms with Crippen molar-refractivity contribution < 1.29 is 22.8 Å². The number of aromatic nitrogens is 1. The predicted octanol–water partition coefficient (Wildman–Crippen LogP) is 4.44. The third-order valence-corrected chi connectivity index (χ3v) is 7.64. The molecule has 0 unspecified atom stereocenters. The number of nitrogens with zero attached hydrogens (tertiary/aromatic N) is 2. The number of carbonyl (C=O) groups is 2. The van der Waals surface area contributed by atoms with Gasteiger partial charge in [0.15, 0.2) is 0 Å². The van der Waals surface area contributed by atoms with Gasteiger partial charge in [0.05, 0.1) is 17.1 Å². The zero-order valence-corrected chi connectivity index (χ0v) is 18.8. The van der Waals surface area contributed by atoms with Gasteiger partial charge in [-0.05, 0) is 37.7 Å². The lowest BCUT2D eigenvalue weighted by Gasteiger charge is -2.36. The second-order valence-corrected chi connectivity index (χ2v) is 9.92. The van der Waals surface area contributed by atoms with Gasteiger partial charge in [-0.2, -0.15) is 18.4 Å². The van der Waals surface area contributed by atoms with Crippen molar-refractivity contribution >= 4 is 22.7 Å². The molecule has 0 radical (unpaired) electrons. The second kappa shape index (κ2) is 8.33. The van der Waals surface area contributed by atoms with Crippen LogP contribution in [0.2, 0.25) is 0 Å². The van der Waals surface area contributed by atoms with E-state index in [-0.39, 0.29) is 42.1 Å². The molecule has 2 saturated carbocycles. The Morgan fingerprint density at radius 3 is 2.71 bits per heavy atom. The van der Waals surface area contributed by atoms with Gasteiger partial charge in [0, 0.05) is 48.5 Å². The Bertz CT molecular complexity index is 1180. The maximum absolute atomic E-state index is 13.5. The molecule has 1 aromatic heterocycles. The number of hydrogen-bond donors (Lipinski definition) is 2. The van der Waals surface area contributed by atoms with Crippen molar-refractivity contribution in [2.45, 2.75) is 69.6 Å². The standard InChI is InChI=1S/C25H27F3N4O2/c26-25(27,28)19-7-3-6-17-18-13-32(11-8-20(18)30-22(17)19)23(34)16-5-2-1-4-15(16)12-21(33)31-24(14-29)9-10-24/h3,6-7,15-16,30H,1-2,4-5,8-13H2,(H,31,33)/t15-,16-/m1/s1. The third kappa shape index (κ3) is 4.15. The number of H-pyrrole nitrogens is 1. The fraction of sp³-hybridized carbons (Fsp3) is 0.560. The SMILES string of the molecule is N#CC1(NC(=O)C[C@H]2CCCC[C@H]2C(=O)N2CCc3[nH]c4c(C(F)(F)F)cccc4c3C2)CC1. The molecule has 0 saturated heterocycles. The van der Waals surface area contributed by atoms with Gasteiger partial charge in [-0.3, -0.25) is 9.59 Å². The van der Waals surface area contributed by atoms with Crippen LogP contribution in [-0.2, 0) is 28.7 Å². The summed E-state index contributed by atoms with van der Waals surface area (Å²) in [6.45, 7) is 0.704. The van der Waals surface area contributed by atoms with Crippen LogP contribution in [0, 0.1) is 23.2 Å². The Labute approximate surface area is 195 Å². The normalized spacial score (nSPS) is 23.8. The van der Waals surface area contributed by atoms with Crippen LogP contribution in [-0.4, -0.2) is 33.8 Å². The number of hydrogen-bond acceptors (Lipinski definition) is 3. The van der Waals surface area contributed by atoms with E-state index in [1.54, 1.807) is 11.0 Å². The first kappa shape index (κ1) is 22.8. The minimum absolute atomic E-state index is 0.0223. The summed E-state index contributed by atoms with van der Waals surface area (Å²) in [5.41, 5.74) is 0.158. The summed E-state index contributed by atoms with van der Waals surface area (Å²) in [6, 6.07) is 6.31. The van der Waals surface area contributed by atoms with Crippen LogP contribution in [0.25, 0.3) is 10.9 Å². The quantitative estimate of drug-likeness (QED) is 0.690. The zero-order valence-electron chi connectivity index (χ0n) is 18.8. The number of para-hydroxylation sites is 1. The highest BCUT2D eigenvalue weighted by molar-refractivity contribution is 5.89. The number of alkyl halides is 3. The van der Waals surface area contributed by atoms with Gasteiger partial charge in [0.25, 0.3) is 0 Å². The van der Waals surface area contributed by atoms with Crippen LogP contribution >= 0.6 is 0 Å². The average molecular weight is 473 g/mol. The minimum atomic E-state index is -4.46. The van der Waals surface area contributed by atoms with E-state index in [2.05, 4.69) is 16.4 Å². The number of nitrogens with one attached hydrogen (secondary N) is 2. The lowest BCUT2D eigenvalue weighted by molar-refractivity contribution is -0.140. The van der Waals surface area contributed by atoms with Crippen LogP contribution in [0.3, 0.4) is 0 Å². The van der Waals surface area contributed by atoms with Crippen molar-refractivity contribution in [1.82, 2.24) is 15.2 Å². The molecule has 2 fully saturated rings. The highest BCUT2D eigenvalue weighted by atomic mass is 19.4. The van der Waals surface area contributed by atoms with Crippen molar-refractivity contribution in [1.29, 1.82) is 5.26 Å². The van der Waals surface area contributed by atoms with Crippen LogP contribution < -0.4 is 5.32 Å². The molecule has 2 N–H and O–H groups in total. The Morgan fingerprint density at radius 1 is 1.24 bits per heavy atom. The van der Waals surface area contributed by atoms with Crippen molar-refractivity contribution in [3.63, 3.8) is 0 Å². The molecule has 2 amide bonds. The Balaban J connectivity index is 1.33. The number of carbonyl (C=O) groups excluding carboxylic acids is 2. The number of aromatic amines is 1. The van der Waals surface area contributed by atoms with E-state index < -0.39 is 17.3 Å². The molecule has 3 aliphatic rings. The maximum atomic E-state index is 13.5. The van der Waals surface area contributed by atoms with Crippen molar-refractivity contribution in [2.75, 3.05) is 6.54 Å². The summed E-state index contributed by atoms with van der Waals surface area (Å²) in [5.74, 6) is -0.571. The van der Waals surface area contributed by atoms with Gasteiger partial charge in [0.1, 0.15) is 5.54 Å². The second-order valence-electron chi connectivity index (χ2n) is 9.92. The molecule has 1 aromatic carbocycles. The molecule has 0 spiro atoms. The number of benzene rings is 1. The predicted molar refractivity (Wildman–Crippen MR) is 118 cm³/mol. The van der Waals surface area contributed by atoms with Crippen LogP contribution in [0.1, 0.15) is 61.8 Å². The van der Waals surface area contributed by atoms with Crippen LogP contribution in [0.5, 0.6) is 0 Å². The van der Waals surface area contributed by atoms with E-state index in [4.69, 9.17) is 0 Å². The van der Waals surface area contributed by atoms with Gasteiger partial charge in [-0.1, -0.05) is 25.0 Å². The highest BCUT2D eigenvalue weighted by Crippen LogP contribution is 2.40. The topological polar surface area (TPSA) is 89.0 Å². The molecule has 2 heterocycles. The fourth-order valence-electron chi connectivity index (χ4n) is 5.62. The van der Waals surface area contributed by atoms with E-state index in [0.29, 0.717) is 37.6 Å².